The molecule has 1 aliphatic carbocycles. The van der Waals surface area contributed by atoms with Crippen molar-refractivity contribution in [3.63, 3.8) is 0 Å². The number of carbonyl (C=O) groups is 1. The number of ether oxygens (including phenoxy) is 3. The summed E-state index contributed by atoms with van der Waals surface area (Å²) < 4.78 is 19.1. The van der Waals surface area contributed by atoms with Crippen LogP contribution in [0.2, 0.25) is 0 Å². The Kier molecular flexibility index (Phi) is 5.25. The topological polar surface area (TPSA) is 87.8 Å². The Morgan fingerprint density at radius 1 is 1.06 bits per heavy atom. The molecule has 0 amide bonds. The molecular formula is C28H26N4O4. The normalized spacial score (nSPS) is 18.4. The summed E-state index contributed by atoms with van der Waals surface area (Å²) in [5.74, 6) is 2.85. The fraction of sp³-hybridized carbons (Fsp3) is 0.286. The molecule has 1 aliphatic heterocycles. The molecule has 6 rings (SSSR count). The first-order valence-corrected chi connectivity index (χ1v) is 11.9. The quantitative estimate of drug-likeness (QED) is 0.401. The van der Waals surface area contributed by atoms with E-state index in [0.717, 1.165) is 22.6 Å². The Balaban J connectivity index is 1.47. The van der Waals surface area contributed by atoms with Crippen molar-refractivity contribution in [3.8, 4) is 17.4 Å². The van der Waals surface area contributed by atoms with E-state index in [9.17, 15) is 4.79 Å². The van der Waals surface area contributed by atoms with Crippen LogP contribution in [0.25, 0.3) is 5.65 Å². The number of methoxy groups -OCH3 is 1. The molecule has 2 aromatic carbocycles. The summed E-state index contributed by atoms with van der Waals surface area (Å²) in [6.45, 7) is 4.38. The third kappa shape index (κ3) is 3.88. The monoisotopic (exact) mass is 482 g/mol. The van der Waals surface area contributed by atoms with E-state index in [1.165, 1.54) is 0 Å². The average molecular weight is 483 g/mol. The summed E-state index contributed by atoms with van der Waals surface area (Å²) in [4.78, 5) is 22.9. The molecule has 0 saturated carbocycles. The minimum absolute atomic E-state index is 0.0851. The van der Waals surface area contributed by atoms with Crippen LogP contribution in [-0.2, 0) is 11.4 Å². The van der Waals surface area contributed by atoms with Gasteiger partial charge in [0, 0.05) is 24.3 Å². The number of carbonyl (C=O) groups excluding carboxylic acids is 1. The molecule has 0 spiro atoms. The maximum absolute atomic E-state index is 13.5. The van der Waals surface area contributed by atoms with Crippen molar-refractivity contribution < 1.29 is 19.0 Å². The Bertz CT molecular complexity index is 1490. The van der Waals surface area contributed by atoms with Gasteiger partial charge in [0.25, 0.3) is 0 Å². The predicted molar refractivity (Wildman–Crippen MR) is 132 cm³/mol. The number of fused-ring (bicyclic) bond motifs is 3. The predicted octanol–water partition coefficient (Wildman–Crippen LogP) is 4.88. The SMILES string of the molecule is COc1ccc([C@@H]2C3=C(CC(C)(C)CC3=O)Oc3ncn4nc(COc5ccccc5)nc4c32)cc1. The van der Waals surface area contributed by atoms with Gasteiger partial charge in [0.1, 0.15) is 30.2 Å². The van der Waals surface area contributed by atoms with Crippen LogP contribution in [0.3, 0.4) is 0 Å². The average Bonchev–Trinajstić information content (AvgIpc) is 3.29. The molecule has 2 aliphatic rings. The number of Topliss-reactive ketones (excluding diaryl/α,β-unsaturated/α-hetero) is 1. The first kappa shape index (κ1) is 22.3. The standard InChI is InChI=1S/C28H26N4O4/c1-28(2)13-20(33)24-21(14-28)36-27-25(23(24)17-9-11-18(34-3)12-10-17)26-30-22(31-32(26)16-29-27)15-35-19-7-5-4-6-8-19/h4-12,16,23H,13-15H2,1-3H3/t23-/m1/s1. The Morgan fingerprint density at radius 3 is 2.58 bits per heavy atom. The van der Waals surface area contributed by atoms with Gasteiger partial charge in [0.05, 0.1) is 12.7 Å². The summed E-state index contributed by atoms with van der Waals surface area (Å²) in [6, 6.07) is 17.3. The maximum atomic E-state index is 13.5. The summed E-state index contributed by atoms with van der Waals surface area (Å²) in [7, 11) is 1.63. The number of ketones is 1. The largest absolute Gasteiger partial charge is 0.497 e. The van der Waals surface area contributed by atoms with E-state index in [4.69, 9.17) is 19.2 Å². The molecule has 8 nitrogen and oxygen atoms in total. The molecule has 1 atom stereocenters. The highest BCUT2D eigenvalue weighted by Crippen LogP contribution is 2.50. The van der Waals surface area contributed by atoms with E-state index < -0.39 is 0 Å². The molecule has 0 bridgehead atoms. The number of para-hydroxylation sites is 1. The van der Waals surface area contributed by atoms with Crippen LogP contribution in [0, 0.1) is 5.41 Å². The van der Waals surface area contributed by atoms with Crippen LogP contribution < -0.4 is 14.2 Å². The van der Waals surface area contributed by atoms with Crippen molar-refractivity contribution in [2.75, 3.05) is 7.11 Å². The summed E-state index contributed by atoms with van der Waals surface area (Å²) >= 11 is 0. The fourth-order valence-electron chi connectivity index (χ4n) is 5.05. The molecule has 0 saturated heterocycles. The van der Waals surface area contributed by atoms with Crippen molar-refractivity contribution in [2.24, 2.45) is 5.41 Å². The van der Waals surface area contributed by atoms with Gasteiger partial charge in [-0.2, -0.15) is 0 Å². The maximum Gasteiger partial charge on any atom is 0.228 e. The molecule has 0 fully saturated rings. The Morgan fingerprint density at radius 2 is 1.83 bits per heavy atom. The molecular weight excluding hydrogens is 456 g/mol. The summed E-state index contributed by atoms with van der Waals surface area (Å²) in [6.07, 6.45) is 2.71. The highest BCUT2D eigenvalue weighted by molar-refractivity contribution is 6.00. The summed E-state index contributed by atoms with van der Waals surface area (Å²) in [5.41, 5.74) is 2.76. The van der Waals surface area contributed by atoms with Gasteiger partial charge in [0.2, 0.25) is 5.88 Å². The lowest BCUT2D eigenvalue weighted by Gasteiger charge is -2.37. The van der Waals surface area contributed by atoms with Crippen molar-refractivity contribution in [1.29, 1.82) is 0 Å². The molecule has 36 heavy (non-hydrogen) atoms. The third-order valence-electron chi connectivity index (χ3n) is 6.67. The number of aromatic nitrogens is 4. The van der Waals surface area contributed by atoms with Crippen molar-refractivity contribution >= 4 is 11.4 Å². The number of hydrogen-bond donors (Lipinski definition) is 0. The number of allylic oxidation sites excluding steroid dienone is 2. The highest BCUT2D eigenvalue weighted by atomic mass is 16.5. The van der Waals surface area contributed by atoms with Crippen molar-refractivity contribution in [1.82, 2.24) is 19.6 Å². The van der Waals surface area contributed by atoms with Crippen molar-refractivity contribution in [2.45, 2.75) is 39.2 Å². The lowest BCUT2D eigenvalue weighted by molar-refractivity contribution is -0.118. The first-order chi connectivity index (χ1) is 17.4. The van der Waals surface area contributed by atoms with Gasteiger partial charge in [-0.25, -0.2) is 14.5 Å². The van der Waals surface area contributed by atoms with Gasteiger partial charge in [-0.3, -0.25) is 4.79 Å². The van der Waals surface area contributed by atoms with Gasteiger partial charge < -0.3 is 14.2 Å². The smallest absolute Gasteiger partial charge is 0.228 e. The highest BCUT2D eigenvalue weighted by Gasteiger charge is 2.44. The number of benzene rings is 2. The van der Waals surface area contributed by atoms with Gasteiger partial charge >= 0.3 is 0 Å². The molecule has 4 aromatic rings. The zero-order valence-electron chi connectivity index (χ0n) is 20.4. The number of hydrogen-bond acceptors (Lipinski definition) is 7. The van der Waals surface area contributed by atoms with Gasteiger partial charge in [-0.1, -0.05) is 44.2 Å². The van der Waals surface area contributed by atoms with E-state index in [0.29, 0.717) is 41.5 Å². The van der Waals surface area contributed by atoms with E-state index in [-0.39, 0.29) is 23.7 Å². The zero-order chi connectivity index (χ0) is 24.9. The van der Waals surface area contributed by atoms with Crippen LogP contribution >= 0.6 is 0 Å². The molecule has 8 heteroatoms. The van der Waals surface area contributed by atoms with Gasteiger partial charge in [-0.15, -0.1) is 5.10 Å². The second kappa shape index (κ2) is 8.48. The minimum Gasteiger partial charge on any atom is -0.497 e. The molecule has 182 valence electrons. The van der Waals surface area contributed by atoms with E-state index >= 15 is 0 Å². The molecule has 3 heterocycles. The Hall–Kier alpha value is -4.20. The lowest BCUT2D eigenvalue weighted by atomic mass is 9.70. The van der Waals surface area contributed by atoms with Crippen LogP contribution in [0.5, 0.6) is 17.4 Å². The minimum atomic E-state index is -0.374. The van der Waals surface area contributed by atoms with Gasteiger partial charge in [-0.05, 0) is 35.2 Å². The van der Waals surface area contributed by atoms with Crippen LogP contribution in [0.1, 0.15) is 49.6 Å². The summed E-state index contributed by atoms with van der Waals surface area (Å²) in [5, 5.41) is 4.58. The fourth-order valence-corrected chi connectivity index (χ4v) is 5.05. The van der Waals surface area contributed by atoms with Crippen LogP contribution in [0.15, 0.2) is 72.3 Å². The third-order valence-corrected chi connectivity index (χ3v) is 6.67. The lowest BCUT2D eigenvalue weighted by Crippen LogP contribution is -2.33. The van der Waals surface area contributed by atoms with Gasteiger partial charge in [0.15, 0.2) is 17.3 Å². The molecule has 0 unspecified atom stereocenters. The van der Waals surface area contributed by atoms with Crippen LogP contribution in [-0.4, -0.2) is 32.5 Å². The first-order valence-electron chi connectivity index (χ1n) is 11.9. The molecule has 0 N–H and O–H groups in total. The van der Waals surface area contributed by atoms with E-state index in [2.05, 4.69) is 23.9 Å². The van der Waals surface area contributed by atoms with Crippen LogP contribution in [0.4, 0.5) is 0 Å². The second-order valence-corrected chi connectivity index (χ2v) is 9.95. The zero-order valence-corrected chi connectivity index (χ0v) is 20.4. The molecule has 2 aromatic heterocycles. The van der Waals surface area contributed by atoms with Crippen molar-refractivity contribution in [3.05, 3.63) is 89.2 Å². The van der Waals surface area contributed by atoms with E-state index in [1.54, 1.807) is 18.0 Å². The Labute approximate surface area is 208 Å². The van der Waals surface area contributed by atoms with E-state index in [1.807, 2.05) is 54.6 Å². The molecule has 0 radical (unpaired) electrons. The number of nitrogens with zero attached hydrogens (tertiary/aromatic N) is 4. The second-order valence-electron chi connectivity index (χ2n) is 9.95. The number of rotatable bonds is 5.